The standard InChI is InChI=1S/C16H22N2O4/c1-3-22-16(20)17-12-8-10-18(11-9-12)15(19)13-6-4-5-7-14(13)21-2/h4-7,12H,3,8-11H2,1-2H3,(H,17,20). The molecule has 0 saturated carbocycles. The van der Waals surface area contributed by atoms with Crippen LogP contribution in [0.2, 0.25) is 0 Å². The Morgan fingerprint density at radius 2 is 1.95 bits per heavy atom. The van der Waals surface area contributed by atoms with E-state index in [9.17, 15) is 9.59 Å². The zero-order valence-electron chi connectivity index (χ0n) is 13.0. The molecule has 22 heavy (non-hydrogen) atoms. The molecule has 1 aliphatic heterocycles. The van der Waals surface area contributed by atoms with E-state index in [1.807, 2.05) is 12.1 Å². The van der Waals surface area contributed by atoms with E-state index in [-0.39, 0.29) is 11.9 Å². The fraction of sp³-hybridized carbons (Fsp3) is 0.500. The number of rotatable bonds is 4. The Bertz CT molecular complexity index is 525. The molecule has 1 fully saturated rings. The molecule has 6 heteroatoms. The number of alkyl carbamates (subject to hydrolysis) is 1. The van der Waals surface area contributed by atoms with E-state index in [0.29, 0.717) is 31.0 Å². The summed E-state index contributed by atoms with van der Waals surface area (Å²) in [5.41, 5.74) is 0.571. The highest BCUT2D eigenvalue weighted by molar-refractivity contribution is 5.97. The monoisotopic (exact) mass is 306 g/mol. The first-order chi connectivity index (χ1) is 10.7. The Morgan fingerprint density at radius 1 is 1.27 bits per heavy atom. The largest absolute Gasteiger partial charge is 0.496 e. The smallest absolute Gasteiger partial charge is 0.407 e. The minimum Gasteiger partial charge on any atom is -0.496 e. The van der Waals surface area contributed by atoms with Crippen LogP contribution >= 0.6 is 0 Å². The van der Waals surface area contributed by atoms with Crippen LogP contribution in [0.3, 0.4) is 0 Å². The van der Waals surface area contributed by atoms with Crippen LogP contribution in [-0.4, -0.2) is 49.7 Å². The number of carbonyl (C=O) groups is 2. The van der Waals surface area contributed by atoms with E-state index >= 15 is 0 Å². The summed E-state index contributed by atoms with van der Waals surface area (Å²) in [6, 6.07) is 7.27. The van der Waals surface area contributed by atoms with Gasteiger partial charge in [0.2, 0.25) is 0 Å². The number of piperidine rings is 1. The summed E-state index contributed by atoms with van der Waals surface area (Å²) in [5.74, 6) is 0.548. The summed E-state index contributed by atoms with van der Waals surface area (Å²) in [7, 11) is 1.56. The van der Waals surface area contributed by atoms with Gasteiger partial charge in [-0.2, -0.15) is 0 Å². The maximum absolute atomic E-state index is 12.5. The lowest BCUT2D eigenvalue weighted by Gasteiger charge is -2.32. The van der Waals surface area contributed by atoms with Gasteiger partial charge in [0.15, 0.2) is 0 Å². The molecule has 1 aromatic carbocycles. The van der Waals surface area contributed by atoms with Crippen molar-refractivity contribution >= 4 is 12.0 Å². The summed E-state index contributed by atoms with van der Waals surface area (Å²) >= 11 is 0. The van der Waals surface area contributed by atoms with E-state index in [2.05, 4.69) is 5.32 Å². The van der Waals surface area contributed by atoms with Crippen molar-refractivity contribution in [1.82, 2.24) is 10.2 Å². The number of carbonyl (C=O) groups excluding carboxylic acids is 2. The van der Waals surface area contributed by atoms with Gasteiger partial charge in [-0.25, -0.2) is 4.79 Å². The molecule has 0 unspecified atom stereocenters. The number of hydrogen-bond acceptors (Lipinski definition) is 4. The van der Waals surface area contributed by atoms with Crippen LogP contribution in [0.25, 0.3) is 0 Å². The third-order valence-electron chi connectivity index (χ3n) is 3.72. The average Bonchev–Trinajstić information content (AvgIpc) is 2.55. The van der Waals surface area contributed by atoms with Crippen molar-refractivity contribution in [3.8, 4) is 5.75 Å². The maximum atomic E-state index is 12.5. The van der Waals surface area contributed by atoms with E-state index < -0.39 is 6.09 Å². The summed E-state index contributed by atoms with van der Waals surface area (Å²) in [5, 5.41) is 2.82. The van der Waals surface area contributed by atoms with E-state index in [1.54, 1.807) is 31.1 Å². The topological polar surface area (TPSA) is 67.9 Å². The number of hydrogen-bond donors (Lipinski definition) is 1. The van der Waals surface area contributed by atoms with Gasteiger partial charge in [0.25, 0.3) is 5.91 Å². The van der Waals surface area contributed by atoms with E-state index in [0.717, 1.165) is 12.8 Å². The maximum Gasteiger partial charge on any atom is 0.407 e. The van der Waals surface area contributed by atoms with Gasteiger partial charge in [0.05, 0.1) is 19.3 Å². The number of para-hydroxylation sites is 1. The minimum absolute atomic E-state index is 0.0352. The number of ether oxygens (including phenoxy) is 2. The van der Waals surface area contributed by atoms with Crippen LogP contribution in [0.4, 0.5) is 4.79 Å². The zero-order valence-corrected chi connectivity index (χ0v) is 13.0. The third-order valence-corrected chi connectivity index (χ3v) is 3.72. The molecule has 0 spiro atoms. The first-order valence-corrected chi connectivity index (χ1v) is 7.51. The lowest BCUT2D eigenvalue weighted by molar-refractivity contribution is 0.0699. The summed E-state index contributed by atoms with van der Waals surface area (Å²) in [6.45, 7) is 3.34. The molecule has 6 nitrogen and oxygen atoms in total. The highest BCUT2D eigenvalue weighted by atomic mass is 16.5. The third kappa shape index (κ3) is 3.90. The Kier molecular flexibility index (Phi) is 5.63. The lowest BCUT2D eigenvalue weighted by atomic mass is 10.0. The molecule has 0 atom stereocenters. The number of nitrogens with zero attached hydrogens (tertiary/aromatic N) is 1. The Labute approximate surface area is 130 Å². The normalized spacial score (nSPS) is 15.3. The molecular formula is C16H22N2O4. The van der Waals surface area contributed by atoms with Crippen LogP contribution < -0.4 is 10.1 Å². The fourth-order valence-corrected chi connectivity index (χ4v) is 2.56. The van der Waals surface area contributed by atoms with Crippen molar-refractivity contribution in [2.24, 2.45) is 0 Å². The molecule has 2 amide bonds. The van der Waals surface area contributed by atoms with Crippen LogP contribution in [-0.2, 0) is 4.74 Å². The highest BCUT2D eigenvalue weighted by Crippen LogP contribution is 2.21. The van der Waals surface area contributed by atoms with Crippen molar-refractivity contribution in [1.29, 1.82) is 0 Å². The first-order valence-electron chi connectivity index (χ1n) is 7.51. The number of amides is 2. The van der Waals surface area contributed by atoms with E-state index in [4.69, 9.17) is 9.47 Å². The molecule has 120 valence electrons. The molecule has 1 aliphatic rings. The van der Waals surface area contributed by atoms with E-state index in [1.165, 1.54) is 0 Å². The van der Waals surface area contributed by atoms with Gasteiger partial charge in [0.1, 0.15) is 5.75 Å². The van der Waals surface area contributed by atoms with Crippen LogP contribution in [0.15, 0.2) is 24.3 Å². The number of nitrogens with one attached hydrogen (secondary N) is 1. The van der Waals surface area contributed by atoms with Gasteiger partial charge >= 0.3 is 6.09 Å². The van der Waals surface area contributed by atoms with Gasteiger partial charge < -0.3 is 19.7 Å². The second kappa shape index (κ2) is 7.68. The van der Waals surface area contributed by atoms with Crippen molar-refractivity contribution in [3.05, 3.63) is 29.8 Å². The highest BCUT2D eigenvalue weighted by Gasteiger charge is 2.26. The van der Waals surface area contributed by atoms with Crippen molar-refractivity contribution < 1.29 is 19.1 Å². The Hall–Kier alpha value is -2.24. The molecule has 0 aliphatic carbocycles. The predicted octanol–water partition coefficient (Wildman–Crippen LogP) is 2.05. The van der Waals surface area contributed by atoms with Gasteiger partial charge in [-0.3, -0.25) is 4.79 Å². The van der Waals surface area contributed by atoms with Crippen molar-refractivity contribution in [2.75, 3.05) is 26.8 Å². The molecule has 2 rings (SSSR count). The predicted molar refractivity (Wildman–Crippen MR) is 82.1 cm³/mol. The number of methoxy groups -OCH3 is 1. The second-order valence-electron chi connectivity index (χ2n) is 5.13. The fourth-order valence-electron chi connectivity index (χ4n) is 2.56. The number of benzene rings is 1. The second-order valence-corrected chi connectivity index (χ2v) is 5.13. The van der Waals surface area contributed by atoms with Crippen molar-refractivity contribution in [2.45, 2.75) is 25.8 Å². The molecular weight excluding hydrogens is 284 g/mol. The van der Waals surface area contributed by atoms with Crippen LogP contribution in [0.5, 0.6) is 5.75 Å². The molecule has 1 aromatic rings. The van der Waals surface area contributed by atoms with Gasteiger partial charge in [-0.15, -0.1) is 0 Å². The molecule has 1 saturated heterocycles. The van der Waals surface area contributed by atoms with Crippen LogP contribution in [0.1, 0.15) is 30.1 Å². The summed E-state index contributed by atoms with van der Waals surface area (Å²) in [6.07, 6.45) is 1.05. The van der Waals surface area contributed by atoms with Gasteiger partial charge in [-0.1, -0.05) is 12.1 Å². The molecule has 1 heterocycles. The van der Waals surface area contributed by atoms with Crippen molar-refractivity contribution in [3.63, 3.8) is 0 Å². The zero-order chi connectivity index (χ0) is 15.9. The number of likely N-dealkylation sites (tertiary alicyclic amines) is 1. The summed E-state index contributed by atoms with van der Waals surface area (Å²) in [4.78, 5) is 25.7. The quantitative estimate of drug-likeness (QED) is 0.924. The van der Waals surface area contributed by atoms with Crippen LogP contribution in [0, 0.1) is 0 Å². The average molecular weight is 306 g/mol. The first kappa shape index (κ1) is 16.1. The van der Waals surface area contributed by atoms with Gasteiger partial charge in [0, 0.05) is 19.1 Å². The Morgan fingerprint density at radius 3 is 2.59 bits per heavy atom. The molecule has 0 radical (unpaired) electrons. The minimum atomic E-state index is -0.392. The molecule has 0 bridgehead atoms. The summed E-state index contributed by atoms with van der Waals surface area (Å²) < 4.78 is 10.1. The Balaban J connectivity index is 1.91. The molecule has 0 aromatic heterocycles. The lowest BCUT2D eigenvalue weighted by Crippen LogP contribution is -2.46. The van der Waals surface area contributed by atoms with Gasteiger partial charge in [-0.05, 0) is 31.9 Å². The SMILES string of the molecule is CCOC(=O)NC1CCN(C(=O)c2ccccc2OC)CC1. The molecule has 1 N–H and O–H groups in total.